The van der Waals surface area contributed by atoms with Gasteiger partial charge in [-0.25, -0.2) is 0 Å². The minimum atomic E-state index is -1.20. The first-order valence-corrected chi connectivity index (χ1v) is 5.43. The molecule has 0 saturated carbocycles. The first-order valence-electron chi connectivity index (χ1n) is 4.24. The van der Waals surface area contributed by atoms with Crippen molar-refractivity contribution in [2.24, 2.45) is 0 Å². The van der Waals surface area contributed by atoms with E-state index in [-0.39, 0.29) is 6.42 Å². The number of carbonyl (C=O) groups is 1. The Hall–Kier alpha value is -0.580. The first kappa shape index (κ1) is 9.96. The molecule has 1 unspecified atom stereocenters. The van der Waals surface area contributed by atoms with Gasteiger partial charge in [0.1, 0.15) is 5.60 Å². The fraction of sp³-hybridized carbons (Fsp3) is 0.444. The number of carboxylic acid groups (broad SMARTS) is 1. The van der Waals surface area contributed by atoms with Crippen molar-refractivity contribution in [2.45, 2.75) is 24.9 Å². The zero-order valence-corrected chi connectivity index (χ0v) is 8.86. The largest absolute Gasteiger partial charge is 0.481 e. The summed E-state index contributed by atoms with van der Waals surface area (Å²) in [5.74, 6) is -0.982. The van der Waals surface area contributed by atoms with E-state index < -0.39 is 11.6 Å². The van der Waals surface area contributed by atoms with Gasteiger partial charge in [0.25, 0.3) is 0 Å². The van der Waals surface area contributed by atoms with Gasteiger partial charge in [-0.15, -0.1) is 11.3 Å². The van der Waals surface area contributed by atoms with Gasteiger partial charge in [0.2, 0.25) is 0 Å². The predicted octanol–water partition coefficient (Wildman–Crippen LogP) is 2.01. The summed E-state index contributed by atoms with van der Waals surface area (Å²) in [5, 5.41) is 18.8. The third kappa shape index (κ3) is 1.54. The van der Waals surface area contributed by atoms with Crippen molar-refractivity contribution >= 4 is 28.9 Å². The molecule has 0 aliphatic heterocycles. The highest BCUT2D eigenvalue weighted by Gasteiger charge is 2.40. The number of aliphatic hydroxyl groups is 1. The van der Waals surface area contributed by atoms with E-state index in [2.05, 4.69) is 0 Å². The summed E-state index contributed by atoms with van der Waals surface area (Å²) in [6, 6.07) is 1.81. The minimum absolute atomic E-state index is 0.239. The van der Waals surface area contributed by atoms with E-state index in [0.717, 1.165) is 10.4 Å². The number of aryl methyl sites for hydroxylation is 1. The van der Waals surface area contributed by atoms with Crippen LogP contribution in [-0.2, 0) is 16.8 Å². The average molecular weight is 233 g/mol. The number of hydrogen-bond acceptors (Lipinski definition) is 3. The Morgan fingerprint density at radius 3 is 3.07 bits per heavy atom. The number of carboxylic acids is 1. The second kappa shape index (κ2) is 3.22. The maximum absolute atomic E-state index is 10.6. The molecule has 0 fully saturated rings. The van der Waals surface area contributed by atoms with E-state index in [1.807, 2.05) is 0 Å². The molecule has 1 aliphatic rings. The molecule has 0 spiro atoms. The molecule has 0 radical (unpaired) electrons. The molecular weight excluding hydrogens is 224 g/mol. The second-order valence-electron chi connectivity index (χ2n) is 3.51. The molecule has 2 rings (SSSR count). The van der Waals surface area contributed by atoms with Crippen LogP contribution in [0.3, 0.4) is 0 Å². The van der Waals surface area contributed by atoms with Gasteiger partial charge in [-0.2, -0.15) is 0 Å². The molecule has 14 heavy (non-hydrogen) atoms. The molecule has 1 heterocycles. The topological polar surface area (TPSA) is 57.5 Å². The smallest absolute Gasteiger partial charge is 0.306 e. The van der Waals surface area contributed by atoms with Crippen molar-refractivity contribution in [1.29, 1.82) is 0 Å². The zero-order valence-electron chi connectivity index (χ0n) is 7.29. The van der Waals surface area contributed by atoms with E-state index >= 15 is 0 Å². The third-order valence-electron chi connectivity index (χ3n) is 2.45. The SMILES string of the molecule is O=C(O)CC1(O)CCc2cc(Cl)sc21. The highest BCUT2D eigenvalue weighted by molar-refractivity contribution is 7.16. The lowest BCUT2D eigenvalue weighted by Gasteiger charge is -2.19. The van der Waals surface area contributed by atoms with E-state index in [0.29, 0.717) is 17.2 Å². The maximum Gasteiger partial charge on any atom is 0.306 e. The number of thiophene rings is 1. The maximum atomic E-state index is 10.6. The van der Waals surface area contributed by atoms with Crippen LogP contribution in [0, 0.1) is 0 Å². The first-order chi connectivity index (χ1) is 6.51. The van der Waals surface area contributed by atoms with Gasteiger partial charge in [-0.3, -0.25) is 4.79 Å². The van der Waals surface area contributed by atoms with Gasteiger partial charge in [-0.1, -0.05) is 11.6 Å². The van der Waals surface area contributed by atoms with Gasteiger partial charge in [-0.05, 0) is 24.5 Å². The van der Waals surface area contributed by atoms with E-state index in [9.17, 15) is 9.90 Å². The van der Waals surface area contributed by atoms with Crippen LogP contribution in [0.15, 0.2) is 6.07 Å². The van der Waals surface area contributed by atoms with Crippen LogP contribution in [0.1, 0.15) is 23.3 Å². The molecule has 0 aromatic carbocycles. The summed E-state index contributed by atoms with van der Waals surface area (Å²) in [4.78, 5) is 11.3. The number of aliphatic carboxylic acids is 1. The minimum Gasteiger partial charge on any atom is -0.481 e. The fourth-order valence-electron chi connectivity index (χ4n) is 1.85. The Labute approximate surface area is 89.9 Å². The molecular formula is C9H9ClO3S. The van der Waals surface area contributed by atoms with Gasteiger partial charge >= 0.3 is 5.97 Å². The summed E-state index contributed by atoms with van der Waals surface area (Å²) >= 11 is 7.08. The molecule has 1 atom stereocenters. The number of hydrogen-bond donors (Lipinski definition) is 2. The van der Waals surface area contributed by atoms with Gasteiger partial charge in [0.15, 0.2) is 0 Å². The van der Waals surface area contributed by atoms with Gasteiger partial charge in [0.05, 0.1) is 10.8 Å². The third-order valence-corrected chi connectivity index (χ3v) is 3.95. The molecule has 1 aromatic rings. The molecule has 3 nitrogen and oxygen atoms in total. The molecule has 1 aliphatic carbocycles. The predicted molar refractivity (Wildman–Crippen MR) is 53.8 cm³/mol. The monoisotopic (exact) mass is 232 g/mol. The number of halogens is 1. The Balaban J connectivity index is 2.35. The molecule has 1 aromatic heterocycles. The summed E-state index contributed by atoms with van der Waals surface area (Å²) in [6.45, 7) is 0. The van der Waals surface area contributed by atoms with Crippen molar-refractivity contribution in [3.05, 3.63) is 20.8 Å². The lowest BCUT2D eigenvalue weighted by Crippen LogP contribution is -2.25. The van der Waals surface area contributed by atoms with Crippen molar-refractivity contribution in [3.63, 3.8) is 0 Å². The molecule has 5 heteroatoms. The molecule has 0 amide bonds. The van der Waals surface area contributed by atoms with E-state index in [1.165, 1.54) is 11.3 Å². The van der Waals surface area contributed by atoms with Crippen LogP contribution in [0.4, 0.5) is 0 Å². The van der Waals surface area contributed by atoms with Gasteiger partial charge < -0.3 is 10.2 Å². The Kier molecular flexibility index (Phi) is 2.29. The molecule has 0 saturated heterocycles. The Morgan fingerprint density at radius 2 is 2.43 bits per heavy atom. The van der Waals surface area contributed by atoms with Crippen LogP contribution in [0.2, 0.25) is 4.34 Å². The van der Waals surface area contributed by atoms with Crippen LogP contribution in [0.5, 0.6) is 0 Å². The quantitative estimate of drug-likeness (QED) is 0.820. The normalized spacial score (nSPS) is 25.0. The van der Waals surface area contributed by atoms with Crippen LogP contribution in [-0.4, -0.2) is 16.2 Å². The fourth-order valence-corrected chi connectivity index (χ4v) is 3.26. The Morgan fingerprint density at radius 1 is 1.71 bits per heavy atom. The molecule has 2 N–H and O–H groups in total. The standard InChI is InChI=1S/C9H9ClO3S/c10-6-3-5-1-2-9(13,4-7(11)12)8(5)14-6/h3,13H,1-2,4H2,(H,11,12). The zero-order chi connectivity index (χ0) is 10.3. The van der Waals surface area contributed by atoms with Crippen molar-refractivity contribution in [3.8, 4) is 0 Å². The summed E-state index contributed by atoms with van der Waals surface area (Å²) in [7, 11) is 0. The summed E-state index contributed by atoms with van der Waals surface area (Å²) in [5.41, 5.74) is -0.206. The van der Waals surface area contributed by atoms with Crippen LogP contribution in [0.25, 0.3) is 0 Å². The van der Waals surface area contributed by atoms with Crippen molar-refractivity contribution < 1.29 is 15.0 Å². The lowest BCUT2D eigenvalue weighted by molar-refractivity contribution is -0.142. The van der Waals surface area contributed by atoms with E-state index in [4.69, 9.17) is 16.7 Å². The highest BCUT2D eigenvalue weighted by atomic mass is 35.5. The molecule has 76 valence electrons. The van der Waals surface area contributed by atoms with Crippen LogP contribution >= 0.6 is 22.9 Å². The summed E-state index contributed by atoms with van der Waals surface area (Å²) < 4.78 is 0.610. The molecule has 0 bridgehead atoms. The lowest BCUT2D eigenvalue weighted by atomic mass is 9.99. The van der Waals surface area contributed by atoms with E-state index in [1.54, 1.807) is 6.07 Å². The number of rotatable bonds is 2. The van der Waals surface area contributed by atoms with Crippen molar-refractivity contribution in [2.75, 3.05) is 0 Å². The Bertz CT molecular complexity index is 387. The number of fused-ring (bicyclic) bond motifs is 1. The van der Waals surface area contributed by atoms with Crippen LogP contribution < -0.4 is 0 Å². The van der Waals surface area contributed by atoms with Gasteiger partial charge in [0, 0.05) is 4.88 Å². The second-order valence-corrected chi connectivity index (χ2v) is 5.19. The summed E-state index contributed by atoms with van der Waals surface area (Å²) in [6.07, 6.45) is 0.955. The average Bonchev–Trinajstić information content (AvgIpc) is 2.52. The van der Waals surface area contributed by atoms with Crippen molar-refractivity contribution in [1.82, 2.24) is 0 Å². The highest BCUT2D eigenvalue weighted by Crippen LogP contribution is 2.45.